The number of alkyl halides is 3. The molecule has 6 nitrogen and oxygen atoms in total. The number of guanidine groups is 1. The highest BCUT2D eigenvalue weighted by molar-refractivity contribution is 5.79. The maximum absolute atomic E-state index is 12.5. The van der Waals surface area contributed by atoms with E-state index >= 15 is 0 Å². The third-order valence-electron chi connectivity index (χ3n) is 3.76. The van der Waals surface area contributed by atoms with Crippen molar-refractivity contribution in [2.45, 2.75) is 40.0 Å². The number of nitrogens with one attached hydrogen (secondary N) is 2. The molecule has 1 aromatic carbocycles. The molecule has 1 aromatic heterocycles. The number of benzene rings is 1. The van der Waals surface area contributed by atoms with Crippen LogP contribution in [-0.4, -0.2) is 41.6 Å². The Bertz CT molecular complexity index is 786. The van der Waals surface area contributed by atoms with Gasteiger partial charge in [-0.15, -0.1) is 0 Å². The number of hydrogen-bond donors (Lipinski definition) is 2. The molecule has 0 radical (unpaired) electrons. The molecular weight excluding hydrogens is 371 g/mol. The molecule has 154 valence electrons. The summed E-state index contributed by atoms with van der Waals surface area (Å²) in [6, 6.07) is 5.16. The summed E-state index contributed by atoms with van der Waals surface area (Å²) in [6.45, 7) is 6.54. The van der Waals surface area contributed by atoms with E-state index < -0.39 is 12.8 Å². The van der Waals surface area contributed by atoms with Crippen LogP contribution in [-0.2, 0) is 13.1 Å². The summed E-state index contributed by atoms with van der Waals surface area (Å²) in [5.41, 5.74) is 2.51. The molecule has 0 atom stereocenters. The molecule has 0 amide bonds. The zero-order valence-electron chi connectivity index (χ0n) is 16.3. The van der Waals surface area contributed by atoms with E-state index in [9.17, 15) is 13.2 Å². The quantitative estimate of drug-likeness (QED) is 0.531. The van der Waals surface area contributed by atoms with Gasteiger partial charge in [0.05, 0.1) is 19.3 Å². The Morgan fingerprint density at radius 3 is 2.64 bits per heavy atom. The molecule has 0 bridgehead atoms. The number of rotatable bonds is 8. The van der Waals surface area contributed by atoms with Gasteiger partial charge < -0.3 is 15.4 Å². The number of aliphatic imine (C=N–C) groups is 1. The minimum absolute atomic E-state index is 0.198. The van der Waals surface area contributed by atoms with Gasteiger partial charge in [0, 0.05) is 24.8 Å². The fourth-order valence-electron chi connectivity index (χ4n) is 2.47. The zero-order valence-corrected chi connectivity index (χ0v) is 16.3. The Morgan fingerprint density at radius 1 is 1.21 bits per heavy atom. The molecule has 2 aromatic rings. The molecule has 2 rings (SSSR count). The zero-order chi connectivity index (χ0) is 20.6. The number of ether oxygens (including phenoxy) is 1. The standard InChI is InChI=1S/C19H26F3N5O/c1-4-23-18(24-7-8-27-12-15(3)10-26-27)25-11-16-6-5-14(2)9-17(16)28-13-19(20,21)22/h5-6,9-10,12H,4,7-8,11,13H2,1-3H3,(H2,23,24,25). The smallest absolute Gasteiger partial charge is 0.422 e. The summed E-state index contributed by atoms with van der Waals surface area (Å²) < 4.78 is 44.3. The average molecular weight is 397 g/mol. The van der Waals surface area contributed by atoms with E-state index in [0.29, 0.717) is 31.2 Å². The van der Waals surface area contributed by atoms with Crippen molar-refractivity contribution >= 4 is 5.96 Å². The van der Waals surface area contributed by atoms with Gasteiger partial charge in [-0.1, -0.05) is 12.1 Å². The van der Waals surface area contributed by atoms with E-state index in [1.165, 1.54) is 0 Å². The van der Waals surface area contributed by atoms with Gasteiger partial charge in [-0.2, -0.15) is 18.3 Å². The van der Waals surface area contributed by atoms with Crippen LogP contribution in [0.2, 0.25) is 0 Å². The van der Waals surface area contributed by atoms with Crippen LogP contribution in [0.25, 0.3) is 0 Å². The molecule has 0 saturated carbocycles. The van der Waals surface area contributed by atoms with Crippen LogP contribution < -0.4 is 15.4 Å². The molecule has 0 aliphatic heterocycles. The first-order valence-corrected chi connectivity index (χ1v) is 9.07. The predicted octanol–water partition coefficient (Wildman–Crippen LogP) is 3.20. The lowest BCUT2D eigenvalue weighted by Crippen LogP contribution is -2.38. The minimum atomic E-state index is -4.38. The molecule has 1 heterocycles. The molecule has 0 unspecified atom stereocenters. The molecule has 0 fully saturated rings. The predicted molar refractivity (Wildman–Crippen MR) is 103 cm³/mol. The van der Waals surface area contributed by atoms with Gasteiger partial charge in [-0.3, -0.25) is 4.68 Å². The van der Waals surface area contributed by atoms with Crippen molar-refractivity contribution in [2.24, 2.45) is 4.99 Å². The Hall–Kier alpha value is -2.71. The Morgan fingerprint density at radius 2 is 2.00 bits per heavy atom. The molecule has 0 aliphatic rings. The van der Waals surface area contributed by atoms with Crippen LogP contribution in [0, 0.1) is 13.8 Å². The first-order chi connectivity index (χ1) is 13.3. The van der Waals surface area contributed by atoms with E-state index in [2.05, 4.69) is 20.7 Å². The van der Waals surface area contributed by atoms with E-state index in [0.717, 1.165) is 11.1 Å². The molecule has 28 heavy (non-hydrogen) atoms. The largest absolute Gasteiger partial charge is 0.484 e. The highest BCUT2D eigenvalue weighted by Gasteiger charge is 2.28. The second-order valence-electron chi connectivity index (χ2n) is 6.42. The third-order valence-corrected chi connectivity index (χ3v) is 3.76. The second kappa shape index (κ2) is 10.0. The van der Waals surface area contributed by atoms with Gasteiger partial charge >= 0.3 is 6.18 Å². The third kappa shape index (κ3) is 7.50. The number of aryl methyl sites for hydroxylation is 2. The summed E-state index contributed by atoms with van der Waals surface area (Å²) in [7, 11) is 0. The van der Waals surface area contributed by atoms with Crippen molar-refractivity contribution in [2.75, 3.05) is 19.7 Å². The topological polar surface area (TPSA) is 63.5 Å². The first-order valence-electron chi connectivity index (χ1n) is 9.07. The van der Waals surface area contributed by atoms with E-state index in [4.69, 9.17) is 4.74 Å². The monoisotopic (exact) mass is 397 g/mol. The summed E-state index contributed by atoms with van der Waals surface area (Å²) in [5, 5.41) is 10.5. The van der Waals surface area contributed by atoms with Crippen molar-refractivity contribution in [3.63, 3.8) is 0 Å². The maximum Gasteiger partial charge on any atom is 0.422 e. The van der Waals surface area contributed by atoms with Gasteiger partial charge in [0.15, 0.2) is 12.6 Å². The SMILES string of the molecule is CCNC(=NCc1ccc(C)cc1OCC(F)(F)F)NCCn1cc(C)cn1. The van der Waals surface area contributed by atoms with Crippen molar-refractivity contribution in [1.82, 2.24) is 20.4 Å². The summed E-state index contributed by atoms with van der Waals surface area (Å²) >= 11 is 0. The summed E-state index contributed by atoms with van der Waals surface area (Å²) in [5.74, 6) is 0.776. The van der Waals surface area contributed by atoms with Gasteiger partial charge in [0.25, 0.3) is 0 Å². The van der Waals surface area contributed by atoms with Gasteiger partial charge in [0.2, 0.25) is 0 Å². The number of nitrogens with zero attached hydrogens (tertiary/aromatic N) is 3. The van der Waals surface area contributed by atoms with E-state index in [1.54, 1.807) is 25.3 Å². The lowest BCUT2D eigenvalue weighted by molar-refractivity contribution is -0.153. The van der Waals surface area contributed by atoms with Crippen molar-refractivity contribution < 1.29 is 17.9 Å². The van der Waals surface area contributed by atoms with Crippen LogP contribution in [0.5, 0.6) is 5.75 Å². The van der Waals surface area contributed by atoms with Crippen LogP contribution in [0.1, 0.15) is 23.6 Å². The Kier molecular flexibility index (Phi) is 7.71. The highest BCUT2D eigenvalue weighted by Crippen LogP contribution is 2.24. The van der Waals surface area contributed by atoms with Gasteiger partial charge in [0.1, 0.15) is 5.75 Å². The van der Waals surface area contributed by atoms with Crippen molar-refractivity contribution in [1.29, 1.82) is 0 Å². The molecule has 2 N–H and O–H groups in total. The fraction of sp³-hybridized carbons (Fsp3) is 0.474. The fourth-order valence-corrected chi connectivity index (χ4v) is 2.47. The molecule has 0 spiro atoms. The van der Waals surface area contributed by atoms with Gasteiger partial charge in [-0.25, -0.2) is 4.99 Å². The van der Waals surface area contributed by atoms with Crippen LogP contribution in [0.3, 0.4) is 0 Å². The second-order valence-corrected chi connectivity index (χ2v) is 6.42. The van der Waals surface area contributed by atoms with Crippen LogP contribution >= 0.6 is 0 Å². The van der Waals surface area contributed by atoms with E-state index in [-0.39, 0.29) is 12.3 Å². The lowest BCUT2D eigenvalue weighted by atomic mass is 10.1. The summed E-state index contributed by atoms with van der Waals surface area (Å²) in [6.07, 6.45) is -0.646. The molecule has 0 aliphatic carbocycles. The molecule has 0 saturated heterocycles. The Labute approximate surface area is 162 Å². The van der Waals surface area contributed by atoms with E-state index in [1.807, 2.05) is 30.8 Å². The normalized spacial score (nSPS) is 12.1. The highest BCUT2D eigenvalue weighted by atomic mass is 19.4. The number of aromatic nitrogens is 2. The van der Waals surface area contributed by atoms with Gasteiger partial charge in [-0.05, 0) is 38.0 Å². The molecule has 9 heteroatoms. The van der Waals surface area contributed by atoms with Crippen LogP contribution in [0.15, 0.2) is 35.6 Å². The number of hydrogen-bond acceptors (Lipinski definition) is 3. The minimum Gasteiger partial charge on any atom is -0.484 e. The lowest BCUT2D eigenvalue weighted by Gasteiger charge is -2.14. The maximum atomic E-state index is 12.5. The molecular formula is C19H26F3N5O. The summed E-state index contributed by atoms with van der Waals surface area (Å²) in [4.78, 5) is 4.46. The van der Waals surface area contributed by atoms with Crippen molar-refractivity contribution in [3.8, 4) is 5.75 Å². The van der Waals surface area contributed by atoms with Crippen molar-refractivity contribution in [3.05, 3.63) is 47.3 Å². The Balaban J connectivity index is 2.00. The average Bonchev–Trinajstić information content (AvgIpc) is 3.03. The first kappa shape index (κ1) is 21.6. The van der Waals surface area contributed by atoms with Crippen LogP contribution in [0.4, 0.5) is 13.2 Å². The number of halogens is 3.